The van der Waals surface area contributed by atoms with Crippen LogP contribution in [-0.4, -0.2) is 31.0 Å². The van der Waals surface area contributed by atoms with Crippen molar-refractivity contribution in [1.29, 1.82) is 0 Å². The lowest BCUT2D eigenvalue weighted by Gasteiger charge is -2.16. The Hall–Kier alpha value is -3.69. The molecule has 0 radical (unpaired) electrons. The predicted molar refractivity (Wildman–Crippen MR) is 132 cm³/mol. The number of halogens is 1. The van der Waals surface area contributed by atoms with Crippen molar-refractivity contribution in [2.24, 2.45) is 0 Å². The van der Waals surface area contributed by atoms with E-state index in [1.165, 1.54) is 24.5 Å². The summed E-state index contributed by atoms with van der Waals surface area (Å²) in [7, 11) is -3.82. The number of hydrogen-bond acceptors (Lipinski definition) is 7. The van der Waals surface area contributed by atoms with Gasteiger partial charge in [-0.25, -0.2) is 18.2 Å². The minimum atomic E-state index is -3.82. The van der Waals surface area contributed by atoms with Crippen molar-refractivity contribution in [3.8, 4) is 0 Å². The Bertz CT molecular complexity index is 1460. The number of ether oxygens (including phenoxy) is 1. The molecule has 0 saturated heterocycles. The predicted octanol–water partition coefficient (Wildman–Crippen LogP) is 5.31. The molecule has 2 aromatic carbocycles. The molecule has 34 heavy (non-hydrogen) atoms. The van der Waals surface area contributed by atoms with Gasteiger partial charge in [0.15, 0.2) is 0 Å². The smallest absolute Gasteiger partial charge is 0.341 e. The largest absolute Gasteiger partial charge is 0.462 e. The van der Waals surface area contributed by atoms with Crippen LogP contribution in [0.25, 0.3) is 10.9 Å². The van der Waals surface area contributed by atoms with Crippen LogP contribution in [0.1, 0.15) is 22.8 Å². The first kappa shape index (κ1) is 23.5. The highest BCUT2D eigenvalue weighted by Gasteiger charge is 2.19. The van der Waals surface area contributed by atoms with Crippen molar-refractivity contribution in [1.82, 2.24) is 9.97 Å². The van der Waals surface area contributed by atoms with Gasteiger partial charge in [-0.05, 0) is 67.9 Å². The van der Waals surface area contributed by atoms with Crippen LogP contribution in [0.5, 0.6) is 0 Å². The minimum Gasteiger partial charge on any atom is -0.462 e. The van der Waals surface area contributed by atoms with Gasteiger partial charge in [0, 0.05) is 28.5 Å². The normalized spacial score (nSPS) is 11.3. The molecule has 0 aliphatic heterocycles. The average Bonchev–Trinajstić information content (AvgIpc) is 2.80. The summed E-state index contributed by atoms with van der Waals surface area (Å²) < 4.78 is 33.0. The van der Waals surface area contributed by atoms with Gasteiger partial charge in [0.1, 0.15) is 11.4 Å². The van der Waals surface area contributed by atoms with Gasteiger partial charge in [0.2, 0.25) is 0 Å². The summed E-state index contributed by atoms with van der Waals surface area (Å²) >= 11 is 6.28. The van der Waals surface area contributed by atoms with Crippen LogP contribution in [0.2, 0.25) is 5.02 Å². The van der Waals surface area contributed by atoms with Gasteiger partial charge in [-0.2, -0.15) is 0 Å². The summed E-state index contributed by atoms with van der Waals surface area (Å²) in [5.41, 5.74) is 2.80. The van der Waals surface area contributed by atoms with Crippen LogP contribution in [0.15, 0.2) is 71.9 Å². The Balaban J connectivity index is 1.70. The number of esters is 1. The Morgan fingerprint density at radius 2 is 1.85 bits per heavy atom. The van der Waals surface area contributed by atoms with E-state index in [0.29, 0.717) is 27.3 Å². The van der Waals surface area contributed by atoms with Gasteiger partial charge in [-0.15, -0.1) is 0 Å². The van der Waals surface area contributed by atoms with E-state index in [4.69, 9.17) is 16.3 Å². The van der Waals surface area contributed by atoms with Gasteiger partial charge < -0.3 is 10.1 Å². The standard InChI is InChI=1S/C24H21ClN4O4S/c1-3-33-24(30)20-14-27-22-15(2)12-16(25)13-19(22)23(20)28-17-7-9-18(10-8-17)34(31,32)29-21-6-4-5-11-26-21/h4-14H,3H2,1-2H3,(H,26,29)(H,27,28). The van der Waals surface area contributed by atoms with Crippen molar-refractivity contribution < 1.29 is 17.9 Å². The molecule has 2 N–H and O–H groups in total. The number of carbonyl (C=O) groups is 1. The number of aryl methyl sites for hydroxylation is 1. The Morgan fingerprint density at radius 3 is 2.53 bits per heavy atom. The molecule has 0 unspecified atom stereocenters. The van der Waals surface area contributed by atoms with Crippen molar-refractivity contribution >= 4 is 55.7 Å². The molecule has 10 heteroatoms. The number of rotatable bonds is 7. The molecule has 0 saturated carbocycles. The molecule has 0 fully saturated rings. The molecule has 2 aromatic heterocycles. The first-order valence-corrected chi connectivity index (χ1v) is 12.2. The number of benzene rings is 2. The number of sulfonamides is 1. The quantitative estimate of drug-likeness (QED) is 0.333. The summed E-state index contributed by atoms with van der Waals surface area (Å²) in [4.78, 5) is 21.1. The molecular formula is C24H21ClN4O4S. The second-order valence-electron chi connectivity index (χ2n) is 7.36. The average molecular weight is 497 g/mol. The molecule has 8 nitrogen and oxygen atoms in total. The molecule has 174 valence electrons. The lowest BCUT2D eigenvalue weighted by molar-refractivity contribution is 0.0527. The third kappa shape index (κ3) is 4.95. The number of fused-ring (bicyclic) bond motifs is 1. The lowest BCUT2D eigenvalue weighted by Crippen LogP contribution is -2.13. The fraction of sp³-hybridized carbons (Fsp3) is 0.125. The maximum atomic E-state index is 12.7. The fourth-order valence-electron chi connectivity index (χ4n) is 3.42. The van der Waals surface area contributed by atoms with Crippen molar-refractivity contribution in [3.05, 3.63) is 83.1 Å². The number of anilines is 3. The number of carbonyl (C=O) groups excluding carboxylic acids is 1. The number of nitrogens with zero attached hydrogens (tertiary/aromatic N) is 2. The summed E-state index contributed by atoms with van der Waals surface area (Å²) in [6, 6.07) is 14.6. The van der Waals surface area contributed by atoms with Crippen molar-refractivity contribution in [3.63, 3.8) is 0 Å². The zero-order valence-corrected chi connectivity index (χ0v) is 19.9. The molecule has 2 heterocycles. The van der Waals surface area contributed by atoms with E-state index in [0.717, 1.165) is 5.56 Å². The summed E-state index contributed by atoms with van der Waals surface area (Å²) in [5.74, 6) is -0.310. The van der Waals surface area contributed by atoms with Crippen LogP contribution in [0, 0.1) is 6.92 Å². The van der Waals surface area contributed by atoms with Crippen molar-refractivity contribution in [2.45, 2.75) is 18.7 Å². The molecule has 4 rings (SSSR count). The van der Waals surface area contributed by atoms with Crippen LogP contribution in [0.4, 0.5) is 17.2 Å². The van der Waals surface area contributed by atoms with Gasteiger partial charge in [0.05, 0.1) is 22.7 Å². The van der Waals surface area contributed by atoms with E-state index in [9.17, 15) is 13.2 Å². The monoisotopic (exact) mass is 496 g/mol. The SMILES string of the molecule is CCOC(=O)c1cnc2c(C)cc(Cl)cc2c1Nc1ccc(S(=O)(=O)Nc2ccccn2)cc1. The number of aromatic nitrogens is 2. The molecule has 0 aliphatic carbocycles. The van der Waals surface area contributed by atoms with E-state index >= 15 is 0 Å². The highest BCUT2D eigenvalue weighted by molar-refractivity contribution is 7.92. The van der Waals surface area contributed by atoms with Gasteiger partial charge in [-0.1, -0.05) is 17.7 Å². The maximum absolute atomic E-state index is 12.7. The highest BCUT2D eigenvalue weighted by atomic mass is 35.5. The lowest BCUT2D eigenvalue weighted by atomic mass is 10.1. The zero-order valence-electron chi connectivity index (χ0n) is 18.4. The molecular weight excluding hydrogens is 476 g/mol. The zero-order chi connectivity index (χ0) is 24.3. The summed E-state index contributed by atoms with van der Waals surface area (Å²) in [6.07, 6.45) is 2.96. The Kier molecular flexibility index (Phi) is 6.67. The van der Waals surface area contributed by atoms with Gasteiger partial charge >= 0.3 is 5.97 Å². The molecule has 4 aromatic rings. The van der Waals surface area contributed by atoms with Gasteiger partial charge in [-0.3, -0.25) is 9.71 Å². The number of hydrogen-bond donors (Lipinski definition) is 2. The second kappa shape index (κ2) is 9.66. The van der Waals surface area contributed by atoms with E-state index < -0.39 is 16.0 Å². The minimum absolute atomic E-state index is 0.0628. The van der Waals surface area contributed by atoms with Crippen LogP contribution in [-0.2, 0) is 14.8 Å². The van der Waals surface area contributed by atoms with Crippen LogP contribution < -0.4 is 10.0 Å². The second-order valence-corrected chi connectivity index (χ2v) is 9.47. The Morgan fingerprint density at radius 1 is 1.09 bits per heavy atom. The van der Waals surface area contributed by atoms with Crippen molar-refractivity contribution in [2.75, 3.05) is 16.6 Å². The third-order valence-electron chi connectivity index (χ3n) is 4.96. The van der Waals surface area contributed by atoms with E-state index in [1.807, 2.05) is 6.92 Å². The molecule has 0 amide bonds. The van der Waals surface area contributed by atoms with Crippen LogP contribution >= 0.6 is 11.6 Å². The molecule has 0 spiro atoms. The van der Waals surface area contributed by atoms with Gasteiger partial charge in [0.25, 0.3) is 10.0 Å². The molecule has 0 atom stereocenters. The first-order valence-electron chi connectivity index (χ1n) is 10.4. The Labute approximate surface area is 202 Å². The van der Waals surface area contributed by atoms with Crippen LogP contribution in [0.3, 0.4) is 0 Å². The summed E-state index contributed by atoms with van der Waals surface area (Å²) in [5, 5.41) is 4.35. The van der Waals surface area contributed by atoms with E-state index in [2.05, 4.69) is 20.0 Å². The van der Waals surface area contributed by atoms with E-state index in [1.54, 1.807) is 49.4 Å². The topological polar surface area (TPSA) is 110 Å². The fourth-order valence-corrected chi connectivity index (χ4v) is 4.70. The summed E-state index contributed by atoms with van der Waals surface area (Å²) in [6.45, 7) is 3.81. The number of pyridine rings is 2. The number of nitrogens with one attached hydrogen (secondary N) is 2. The van der Waals surface area contributed by atoms with E-state index in [-0.39, 0.29) is 22.9 Å². The molecule has 0 aliphatic rings. The molecule has 0 bridgehead atoms. The third-order valence-corrected chi connectivity index (χ3v) is 6.55. The first-order chi connectivity index (χ1) is 16.3. The highest BCUT2D eigenvalue weighted by Crippen LogP contribution is 2.33. The maximum Gasteiger partial charge on any atom is 0.341 e.